The molecular weight excluding hydrogens is 289 g/mol. The second-order valence-electron chi connectivity index (χ2n) is 5.51. The molecule has 3 aromatic carbocycles. The fraction of sp³-hybridized carbons (Fsp3) is 0.150. The van der Waals surface area contributed by atoms with E-state index in [0.717, 1.165) is 16.5 Å². The summed E-state index contributed by atoms with van der Waals surface area (Å²) >= 11 is 0. The molecule has 0 aliphatic rings. The number of halogens is 1. The highest BCUT2D eigenvalue weighted by molar-refractivity contribution is 6.10. The third-order valence-electron chi connectivity index (χ3n) is 4.04. The van der Waals surface area contributed by atoms with E-state index in [4.69, 9.17) is 0 Å². The van der Waals surface area contributed by atoms with Gasteiger partial charge >= 0.3 is 0 Å². The molecule has 3 rings (SSSR count). The Bertz CT molecular complexity index is 867. The Kier molecular flexibility index (Phi) is 4.11. The number of nitrogens with zero attached hydrogens (tertiary/aromatic N) is 1. The maximum Gasteiger partial charge on any atom is 0.258 e. The van der Waals surface area contributed by atoms with Crippen LogP contribution in [0.1, 0.15) is 22.8 Å². The standard InChI is InChI=1S/C20H18FNO/c1-3-22(20(23)16-12-11-14(2)18(21)13-16)19-10-6-8-15-7-4-5-9-17(15)19/h4-13H,3H2,1-2H3. The second kappa shape index (κ2) is 6.21. The summed E-state index contributed by atoms with van der Waals surface area (Å²) in [6.07, 6.45) is 0. The lowest BCUT2D eigenvalue weighted by molar-refractivity contribution is 0.0988. The van der Waals surface area contributed by atoms with Crippen molar-refractivity contribution in [1.29, 1.82) is 0 Å². The molecule has 0 spiro atoms. The highest BCUT2D eigenvalue weighted by atomic mass is 19.1. The zero-order chi connectivity index (χ0) is 16.4. The molecule has 0 atom stereocenters. The average molecular weight is 307 g/mol. The molecule has 0 unspecified atom stereocenters. The van der Waals surface area contributed by atoms with E-state index in [1.54, 1.807) is 24.0 Å². The van der Waals surface area contributed by atoms with Crippen molar-refractivity contribution < 1.29 is 9.18 Å². The van der Waals surface area contributed by atoms with Crippen molar-refractivity contribution in [1.82, 2.24) is 0 Å². The molecule has 0 aliphatic carbocycles. The topological polar surface area (TPSA) is 20.3 Å². The van der Waals surface area contributed by atoms with Crippen molar-refractivity contribution in [3.63, 3.8) is 0 Å². The van der Waals surface area contributed by atoms with Gasteiger partial charge < -0.3 is 4.90 Å². The summed E-state index contributed by atoms with van der Waals surface area (Å²) in [6.45, 7) is 4.12. The third-order valence-corrected chi connectivity index (χ3v) is 4.04. The first kappa shape index (κ1) is 15.2. The smallest absolute Gasteiger partial charge is 0.258 e. The Morgan fingerprint density at radius 1 is 1.04 bits per heavy atom. The molecule has 0 fully saturated rings. The number of hydrogen-bond donors (Lipinski definition) is 0. The lowest BCUT2D eigenvalue weighted by Gasteiger charge is -2.23. The number of hydrogen-bond acceptors (Lipinski definition) is 1. The summed E-state index contributed by atoms with van der Waals surface area (Å²) in [5, 5.41) is 2.09. The van der Waals surface area contributed by atoms with Crippen molar-refractivity contribution in [3.8, 4) is 0 Å². The van der Waals surface area contributed by atoms with E-state index < -0.39 is 0 Å². The number of benzene rings is 3. The SMILES string of the molecule is CCN(C(=O)c1ccc(C)c(F)c1)c1cccc2ccccc12. The Morgan fingerprint density at radius 3 is 2.52 bits per heavy atom. The van der Waals surface area contributed by atoms with Crippen LogP contribution in [0.5, 0.6) is 0 Å². The van der Waals surface area contributed by atoms with E-state index in [0.29, 0.717) is 17.7 Å². The molecule has 0 radical (unpaired) electrons. The van der Waals surface area contributed by atoms with E-state index in [1.807, 2.05) is 49.4 Å². The van der Waals surface area contributed by atoms with Crippen LogP contribution in [0.25, 0.3) is 10.8 Å². The van der Waals surface area contributed by atoms with Crippen molar-refractivity contribution in [2.24, 2.45) is 0 Å². The summed E-state index contributed by atoms with van der Waals surface area (Å²) in [4.78, 5) is 14.5. The molecule has 0 heterocycles. The van der Waals surface area contributed by atoms with Crippen LogP contribution in [0.2, 0.25) is 0 Å². The van der Waals surface area contributed by atoms with Crippen LogP contribution < -0.4 is 4.90 Å². The van der Waals surface area contributed by atoms with Crippen LogP contribution in [-0.2, 0) is 0 Å². The fourth-order valence-corrected chi connectivity index (χ4v) is 2.75. The van der Waals surface area contributed by atoms with Crippen molar-refractivity contribution in [3.05, 3.63) is 77.6 Å². The predicted molar refractivity (Wildman–Crippen MR) is 92.4 cm³/mol. The van der Waals surface area contributed by atoms with Gasteiger partial charge in [-0.05, 0) is 43.0 Å². The quantitative estimate of drug-likeness (QED) is 0.670. The van der Waals surface area contributed by atoms with E-state index in [2.05, 4.69) is 0 Å². The molecule has 0 aromatic heterocycles. The van der Waals surface area contributed by atoms with Crippen LogP contribution in [-0.4, -0.2) is 12.5 Å². The lowest BCUT2D eigenvalue weighted by atomic mass is 10.1. The minimum Gasteiger partial charge on any atom is -0.308 e. The predicted octanol–water partition coefficient (Wildman–Crippen LogP) is 4.95. The van der Waals surface area contributed by atoms with Crippen LogP contribution >= 0.6 is 0 Å². The number of amides is 1. The largest absolute Gasteiger partial charge is 0.308 e. The van der Waals surface area contributed by atoms with Gasteiger partial charge in [-0.1, -0.05) is 42.5 Å². The molecule has 1 amide bonds. The number of anilines is 1. The Balaban J connectivity index is 2.07. The molecule has 3 heteroatoms. The lowest BCUT2D eigenvalue weighted by Crippen LogP contribution is -2.30. The fourth-order valence-electron chi connectivity index (χ4n) is 2.75. The van der Waals surface area contributed by atoms with Crippen LogP contribution in [0.15, 0.2) is 60.7 Å². The molecule has 23 heavy (non-hydrogen) atoms. The van der Waals surface area contributed by atoms with Gasteiger partial charge in [0.1, 0.15) is 5.82 Å². The molecule has 0 saturated heterocycles. The highest BCUT2D eigenvalue weighted by Crippen LogP contribution is 2.28. The number of aryl methyl sites for hydroxylation is 1. The zero-order valence-corrected chi connectivity index (χ0v) is 13.2. The van der Waals surface area contributed by atoms with E-state index in [-0.39, 0.29) is 11.7 Å². The summed E-state index contributed by atoms with van der Waals surface area (Å²) < 4.78 is 13.8. The molecular formula is C20H18FNO. The summed E-state index contributed by atoms with van der Waals surface area (Å²) in [5.41, 5.74) is 1.74. The maximum absolute atomic E-state index is 13.8. The van der Waals surface area contributed by atoms with Crippen LogP contribution in [0.3, 0.4) is 0 Å². The summed E-state index contributed by atoms with van der Waals surface area (Å²) in [6, 6.07) is 18.4. The summed E-state index contributed by atoms with van der Waals surface area (Å²) in [7, 11) is 0. The molecule has 0 N–H and O–H groups in total. The Labute approximate surface area is 135 Å². The van der Waals surface area contributed by atoms with Crippen LogP contribution in [0.4, 0.5) is 10.1 Å². The number of fused-ring (bicyclic) bond motifs is 1. The monoisotopic (exact) mass is 307 g/mol. The molecule has 3 aromatic rings. The maximum atomic E-state index is 13.8. The average Bonchev–Trinajstić information content (AvgIpc) is 2.58. The van der Waals surface area contributed by atoms with Crippen molar-refractivity contribution in [2.45, 2.75) is 13.8 Å². The minimum atomic E-state index is -0.357. The molecule has 116 valence electrons. The van der Waals surface area contributed by atoms with Gasteiger partial charge in [0.05, 0.1) is 5.69 Å². The van der Waals surface area contributed by atoms with Gasteiger partial charge in [-0.15, -0.1) is 0 Å². The van der Waals surface area contributed by atoms with Crippen molar-refractivity contribution >= 4 is 22.4 Å². The van der Waals surface area contributed by atoms with Gasteiger partial charge in [0.15, 0.2) is 0 Å². The first-order valence-electron chi connectivity index (χ1n) is 7.67. The number of carbonyl (C=O) groups excluding carboxylic acids is 1. The first-order valence-corrected chi connectivity index (χ1v) is 7.67. The Hall–Kier alpha value is -2.68. The van der Waals surface area contributed by atoms with Gasteiger partial charge in [-0.3, -0.25) is 4.79 Å². The number of carbonyl (C=O) groups is 1. The zero-order valence-electron chi connectivity index (χ0n) is 13.2. The molecule has 0 aliphatic heterocycles. The van der Waals surface area contributed by atoms with E-state index in [9.17, 15) is 9.18 Å². The minimum absolute atomic E-state index is 0.192. The van der Waals surface area contributed by atoms with Gasteiger partial charge in [-0.25, -0.2) is 4.39 Å². The van der Waals surface area contributed by atoms with Gasteiger partial charge in [0, 0.05) is 17.5 Å². The van der Waals surface area contributed by atoms with Crippen LogP contribution in [0, 0.1) is 12.7 Å². The first-order chi connectivity index (χ1) is 11.1. The third kappa shape index (κ3) is 2.82. The van der Waals surface area contributed by atoms with Gasteiger partial charge in [0.25, 0.3) is 5.91 Å². The second-order valence-corrected chi connectivity index (χ2v) is 5.51. The number of rotatable bonds is 3. The Morgan fingerprint density at radius 2 is 1.78 bits per heavy atom. The summed E-state index contributed by atoms with van der Waals surface area (Å²) in [5.74, 6) is -0.549. The molecule has 0 saturated carbocycles. The van der Waals surface area contributed by atoms with Crippen molar-refractivity contribution in [2.75, 3.05) is 11.4 Å². The van der Waals surface area contributed by atoms with Gasteiger partial charge in [-0.2, -0.15) is 0 Å². The molecule has 0 bridgehead atoms. The normalized spacial score (nSPS) is 10.7. The van der Waals surface area contributed by atoms with E-state index >= 15 is 0 Å². The van der Waals surface area contributed by atoms with Gasteiger partial charge in [0.2, 0.25) is 0 Å². The van der Waals surface area contributed by atoms with E-state index in [1.165, 1.54) is 6.07 Å². The molecule has 2 nitrogen and oxygen atoms in total. The highest BCUT2D eigenvalue weighted by Gasteiger charge is 2.18.